The van der Waals surface area contributed by atoms with Gasteiger partial charge in [-0.3, -0.25) is 4.90 Å². The standard InChI is InChI=1S/C18H21F3N2O/c1-12(2)17-10-15(22-24-17)16-4-3-9-23(16)11-13-5-7-14(8-6-13)18(19,20)21/h5-8,10,12,16H,3-4,9,11H2,1-2H3/t16-/m0/s1. The van der Waals surface area contributed by atoms with E-state index in [0.29, 0.717) is 6.54 Å². The van der Waals surface area contributed by atoms with Gasteiger partial charge in [-0.2, -0.15) is 13.2 Å². The van der Waals surface area contributed by atoms with Crippen molar-refractivity contribution in [3.63, 3.8) is 0 Å². The summed E-state index contributed by atoms with van der Waals surface area (Å²) in [6, 6.07) is 7.57. The van der Waals surface area contributed by atoms with Crippen molar-refractivity contribution in [2.75, 3.05) is 6.54 Å². The van der Waals surface area contributed by atoms with Gasteiger partial charge in [-0.25, -0.2) is 0 Å². The number of halogens is 3. The van der Waals surface area contributed by atoms with E-state index in [1.54, 1.807) is 12.1 Å². The van der Waals surface area contributed by atoms with Crippen LogP contribution in [0.15, 0.2) is 34.9 Å². The summed E-state index contributed by atoms with van der Waals surface area (Å²) in [5.41, 5.74) is 1.19. The second-order valence-electron chi connectivity index (χ2n) is 6.63. The fraction of sp³-hybridized carbons (Fsp3) is 0.500. The van der Waals surface area contributed by atoms with Gasteiger partial charge in [-0.1, -0.05) is 31.1 Å². The Kier molecular flexibility index (Phi) is 4.67. The maximum absolute atomic E-state index is 12.6. The summed E-state index contributed by atoms with van der Waals surface area (Å²) in [5, 5.41) is 4.19. The van der Waals surface area contributed by atoms with Crippen LogP contribution in [-0.2, 0) is 12.7 Å². The molecule has 1 aliphatic heterocycles. The molecule has 0 bridgehead atoms. The number of benzene rings is 1. The minimum Gasteiger partial charge on any atom is -0.361 e. The molecule has 1 aromatic carbocycles. The SMILES string of the molecule is CC(C)c1cc([C@@H]2CCCN2Cc2ccc(C(F)(F)F)cc2)no1. The average Bonchev–Trinajstić information content (AvgIpc) is 3.15. The molecule has 0 spiro atoms. The van der Waals surface area contributed by atoms with Crippen molar-refractivity contribution >= 4 is 0 Å². The van der Waals surface area contributed by atoms with E-state index in [-0.39, 0.29) is 12.0 Å². The third kappa shape index (κ3) is 3.64. The lowest BCUT2D eigenvalue weighted by molar-refractivity contribution is -0.137. The maximum Gasteiger partial charge on any atom is 0.416 e. The second kappa shape index (κ2) is 6.59. The van der Waals surface area contributed by atoms with Crippen LogP contribution in [0.5, 0.6) is 0 Å². The molecule has 1 saturated heterocycles. The highest BCUT2D eigenvalue weighted by Crippen LogP contribution is 2.34. The van der Waals surface area contributed by atoms with Gasteiger partial charge in [-0.05, 0) is 37.1 Å². The first-order chi connectivity index (χ1) is 11.3. The molecule has 130 valence electrons. The highest BCUT2D eigenvalue weighted by Gasteiger charge is 2.31. The smallest absolute Gasteiger partial charge is 0.361 e. The van der Waals surface area contributed by atoms with E-state index in [1.807, 2.05) is 6.07 Å². The summed E-state index contributed by atoms with van der Waals surface area (Å²) in [7, 11) is 0. The zero-order chi connectivity index (χ0) is 17.3. The molecular weight excluding hydrogens is 317 g/mol. The van der Waals surface area contributed by atoms with Crippen LogP contribution in [0.25, 0.3) is 0 Å². The Morgan fingerprint density at radius 2 is 1.96 bits per heavy atom. The first kappa shape index (κ1) is 17.0. The summed E-state index contributed by atoms with van der Waals surface area (Å²) in [4.78, 5) is 2.25. The Bertz CT molecular complexity index is 676. The van der Waals surface area contributed by atoms with E-state index in [2.05, 4.69) is 23.9 Å². The molecule has 2 heterocycles. The Balaban J connectivity index is 1.71. The number of hydrogen-bond donors (Lipinski definition) is 0. The fourth-order valence-electron chi connectivity index (χ4n) is 3.12. The molecule has 0 unspecified atom stereocenters. The molecule has 3 nitrogen and oxygen atoms in total. The summed E-state index contributed by atoms with van der Waals surface area (Å²) in [6.45, 7) is 5.64. The van der Waals surface area contributed by atoms with Crippen molar-refractivity contribution in [1.82, 2.24) is 10.1 Å². The first-order valence-electron chi connectivity index (χ1n) is 8.21. The minimum atomic E-state index is -4.29. The van der Waals surface area contributed by atoms with E-state index in [4.69, 9.17) is 4.52 Å². The maximum atomic E-state index is 12.6. The lowest BCUT2D eigenvalue weighted by Crippen LogP contribution is -2.23. The van der Waals surface area contributed by atoms with Gasteiger partial charge in [0.25, 0.3) is 0 Å². The predicted octanol–water partition coefficient (Wildman–Crippen LogP) is 5.15. The van der Waals surface area contributed by atoms with Gasteiger partial charge in [-0.15, -0.1) is 0 Å². The second-order valence-corrected chi connectivity index (χ2v) is 6.63. The largest absolute Gasteiger partial charge is 0.416 e. The van der Waals surface area contributed by atoms with Gasteiger partial charge in [0, 0.05) is 18.5 Å². The summed E-state index contributed by atoms with van der Waals surface area (Å²) in [6.07, 6.45) is -2.25. The molecule has 24 heavy (non-hydrogen) atoms. The van der Waals surface area contributed by atoms with Crippen molar-refractivity contribution in [2.24, 2.45) is 0 Å². The van der Waals surface area contributed by atoms with E-state index < -0.39 is 11.7 Å². The van der Waals surface area contributed by atoms with Crippen molar-refractivity contribution in [1.29, 1.82) is 0 Å². The van der Waals surface area contributed by atoms with Crippen LogP contribution in [0.2, 0.25) is 0 Å². The Morgan fingerprint density at radius 1 is 1.25 bits per heavy atom. The van der Waals surface area contributed by atoms with Gasteiger partial charge in [0.2, 0.25) is 0 Å². The van der Waals surface area contributed by atoms with Crippen LogP contribution < -0.4 is 0 Å². The average molecular weight is 338 g/mol. The molecule has 1 atom stereocenters. The highest BCUT2D eigenvalue weighted by atomic mass is 19.4. The number of aromatic nitrogens is 1. The molecule has 1 aliphatic rings. The molecular formula is C18H21F3N2O. The van der Waals surface area contributed by atoms with Gasteiger partial charge in [0.05, 0.1) is 11.6 Å². The summed E-state index contributed by atoms with van der Waals surface area (Å²) < 4.78 is 43.3. The molecule has 3 rings (SSSR count). The zero-order valence-electron chi connectivity index (χ0n) is 13.8. The third-order valence-electron chi connectivity index (χ3n) is 4.49. The van der Waals surface area contributed by atoms with Crippen LogP contribution in [0.3, 0.4) is 0 Å². The molecule has 2 aromatic rings. The van der Waals surface area contributed by atoms with Crippen LogP contribution in [-0.4, -0.2) is 16.6 Å². The number of likely N-dealkylation sites (tertiary alicyclic amines) is 1. The van der Waals surface area contributed by atoms with Gasteiger partial charge in [0.1, 0.15) is 11.5 Å². The first-order valence-corrected chi connectivity index (χ1v) is 8.21. The normalized spacial score (nSPS) is 19.3. The molecule has 6 heteroatoms. The summed E-state index contributed by atoms with van der Waals surface area (Å²) >= 11 is 0. The molecule has 0 radical (unpaired) electrons. The quantitative estimate of drug-likeness (QED) is 0.772. The Morgan fingerprint density at radius 3 is 2.54 bits per heavy atom. The van der Waals surface area contributed by atoms with Crippen molar-refractivity contribution in [3.8, 4) is 0 Å². The number of nitrogens with zero attached hydrogens (tertiary/aromatic N) is 2. The molecule has 1 fully saturated rings. The Hall–Kier alpha value is -1.82. The minimum absolute atomic E-state index is 0.170. The Labute approximate surface area is 139 Å². The van der Waals surface area contributed by atoms with Crippen molar-refractivity contribution in [2.45, 2.75) is 51.4 Å². The zero-order valence-corrected chi connectivity index (χ0v) is 13.8. The van der Waals surface area contributed by atoms with Crippen molar-refractivity contribution in [3.05, 3.63) is 52.9 Å². The van der Waals surface area contributed by atoms with Crippen LogP contribution in [0.4, 0.5) is 13.2 Å². The van der Waals surface area contributed by atoms with Gasteiger partial charge >= 0.3 is 6.18 Å². The number of hydrogen-bond acceptors (Lipinski definition) is 3. The lowest BCUT2D eigenvalue weighted by atomic mass is 10.1. The fourth-order valence-corrected chi connectivity index (χ4v) is 3.12. The van der Waals surface area contributed by atoms with Crippen molar-refractivity contribution < 1.29 is 17.7 Å². The third-order valence-corrected chi connectivity index (χ3v) is 4.49. The summed E-state index contributed by atoms with van der Waals surface area (Å²) in [5.74, 6) is 1.15. The monoisotopic (exact) mass is 338 g/mol. The van der Waals surface area contributed by atoms with E-state index >= 15 is 0 Å². The molecule has 1 aromatic heterocycles. The molecule has 0 amide bonds. The highest BCUT2D eigenvalue weighted by molar-refractivity contribution is 5.25. The van der Waals surface area contributed by atoms with Gasteiger partial charge < -0.3 is 4.52 Å². The van der Waals surface area contributed by atoms with Crippen LogP contribution in [0, 0.1) is 0 Å². The molecule has 0 saturated carbocycles. The predicted molar refractivity (Wildman–Crippen MR) is 84.4 cm³/mol. The molecule has 0 aliphatic carbocycles. The van der Waals surface area contributed by atoms with E-state index in [9.17, 15) is 13.2 Å². The lowest BCUT2D eigenvalue weighted by Gasteiger charge is -2.22. The van der Waals surface area contributed by atoms with Gasteiger partial charge in [0.15, 0.2) is 0 Å². The van der Waals surface area contributed by atoms with Crippen LogP contribution in [0.1, 0.15) is 61.2 Å². The topological polar surface area (TPSA) is 29.3 Å². The molecule has 0 N–H and O–H groups in total. The number of rotatable bonds is 4. The van der Waals surface area contributed by atoms with E-state index in [0.717, 1.165) is 48.5 Å². The van der Waals surface area contributed by atoms with Crippen LogP contribution >= 0.6 is 0 Å². The number of alkyl halides is 3. The van der Waals surface area contributed by atoms with E-state index in [1.165, 1.54) is 0 Å².